The zero-order chi connectivity index (χ0) is 16.1. The lowest BCUT2D eigenvalue weighted by Gasteiger charge is -2.15. The number of rotatable bonds is 6. The van der Waals surface area contributed by atoms with Crippen LogP contribution in [0.3, 0.4) is 0 Å². The molecule has 118 valence electrons. The second-order valence-electron chi connectivity index (χ2n) is 5.76. The first-order valence-electron chi connectivity index (χ1n) is 7.31. The summed E-state index contributed by atoms with van der Waals surface area (Å²) in [6.07, 6.45) is 0. The molecular weight excluding hydrogens is 280 g/mol. The van der Waals surface area contributed by atoms with Crippen LogP contribution >= 0.6 is 0 Å². The van der Waals surface area contributed by atoms with E-state index < -0.39 is 0 Å². The molecule has 22 heavy (non-hydrogen) atoms. The molecule has 0 radical (unpaired) electrons. The molecule has 0 aliphatic heterocycles. The van der Waals surface area contributed by atoms with Crippen molar-refractivity contribution in [3.63, 3.8) is 0 Å². The third-order valence-corrected chi connectivity index (χ3v) is 3.03. The summed E-state index contributed by atoms with van der Waals surface area (Å²) in [5.41, 5.74) is 2.07. The maximum absolute atomic E-state index is 11.7. The number of aromatic nitrogens is 2. The lowest BCUT2D eigenvalue weighted by molar-refractivity contribution is -0.122. The first kappa shape index (κ1) is 16.2. The highest BCUT2D eigenvalue weighted by atomic mass is 16.4. The maximum Gasteiger partial charge on any atom is 0.247 e. The fourth-order valence-corrected chi connectivity index (χ4v) is 2.03. The maximum atomic E-state index is 11.7. The Labute approximate surface area is 130 Å². The van der Waals surface area contributed by atoms with Crippen molar-refractivity contribution in [3.05, 3.63) is 35.7 Å². The van der Waals surface area contributed by atoms with Crippen LogP contribution in [0.15, 0.2) is 28.7 Å². The highest BCUT2D eigenvalue weighted by Gasteiger charge is 2.13. The zero-order valence-electron chi connectivity index (χ0n) is 13.5. The zero-order valence-corrected chi connectivity index (χ0v) is 13.5. The van der Waals surface area contributed by atoms with Crippen LogP contribution in [0.25, 0.3) is 11.5 Å². The monoisotopic (exact) mass is 302 g/mol. The van der Waals surface area contributed by atoms with Crippen LogP contribution in [0.5, 0.6) is 0 Å². The SMILES string of the molecule is Cc1ccc(-c2nnc(CN(C)CC(=O)NC(C)C)o2)cc1. The Morgan fingerprint density at radius 2 is 1.95 bits per heavy atom. The van der Waals surface area contributed by atoms with Crippen molar-refractivity contribution in [2.75, 3.05) is 13.6 Å². The van der Waals surface area contributed by atoms with Gasteiger partial charge in [-0.3, -0.25) is 9.69 Å². The molecule has 0 saturated heterocycles. The molecule has 1 aromatic heterocycles. The van der Waals surface area contributed by atoms with E-state index in [4.69, 9.17) is 4.42 Å². The fraction of sp³-hybridized carbons (Fsp3) is 0.438. The van der Waals surface area contributed by atoms with E-state index in [2.05, 4.69) is 15.5 Å². The molecule has 2 rings (SSSR count). The van der Waals surface area contributed by atoms with Gasteiger partial charge in [0.15, 0.2) is 0 Å². The van der Waals surface area contributed by atoms with Crippen LogP contribution in [0, 0.1) is 6.92 Å². The standard InChI is InChI=1S/C16H22N4O2/c1-11(2)17-14(21)9-20(4)10-15-18-19-16(22-15)13-7-5-12(3)6-8-13/h5-8,11H,9-10H2,1-4H3,(H,17,21). The summed E-state index contributed by atoms with van der Waals surface area (Å²) in [6.45, 7) is 6.62. The minimum absolute atomic E-state index is 0.0178. The van der Waals surface area contributed by atoms with Crippen LogP contribution in [-0.2, 0) is 11.3 Å². The normalized spacial score (nSPS) is 11.2. The topological polar surface area (TPSA) is 71.3 Å². The molecular formula is C16H22N4O2. The van der Waals surface area contributed by atoms with Gasteiger partial charge in [0.2, 0.25) is 17.7 Å². The van der Waals surface area contributed by atoms with Gasteiger partial charge in [-0.2, -0.15) is 0 Å². The van der Waals surface area contributed by atoms with Crippen molar-refractivity contribution in [3.8, 4) is 11.5 Å². The lowest BCUT2D eigenvalue weighted by Crippen LogP contribution is -2.38. The molecule has 0 spiro atoms. The molecule has 0 fully saturated rings. The van der Waals surface area contributed by atoms with Crippen molar-refractivity contribution in [1.82, 2.24) is 20.4 Å². The number of hydrogen-bond acceptors (Lipinski definition) is 5. The Morgan fingerprint density at radius 3 is 2.59 bits per heavy atom. The molecule has 1 aromatic carbocycles. The van der Waals surface area contributed by atoms with Crippen LogP contribution in [-0.4, -0.2) is 40.6 Å². The van der Waals surface area contributed by atoms with Crippen LogP contribution in [0.4, 0.5) is 0 Å². The van der Waals surface area contributed by atoms with Gasteiger partial charge in [-0.15, -0.1) is 10.2 Å². The largest absolute Gasteiger partial charge is 0.419 e. The Balaban J connectivity index is 1.94. The van der Waals surface area contributed by atoms with E-state index in [1.165, 1.54) is 5.56 Å². The minimum Gasteiger partial charge on any atom is -0.419 e. The van der Waals surface area contributed by atoms with E-state index in [1.54, 1.807) is 0 Å². The summed E-state index contributed by atoms with van der Waals surface area (Å²) in [6, 6.07) is 8.04. The van der Waals surface area contributed by atoms with Crippen molar-refractivity contribution in [1.29, 1.82) is 0 Å². The molecule has 1 heterocycles. The number of hydrogen-bond donors (Lipinski definition) is 1. The predicted octanol–water partition coefficient (Wildman–Crippen LogP) is 2.00. The van der Waals surface area contributed by atoms with E-state index in [1.807, 2.05) is 57.0 Å². The van der Waals surface area contributed by atoms with Crippen LogP contribution < -0.4 is 5.32 Å². The third kappa shape index (κ3) is 4.66. The molecule has 0 unspecified atom stereocenters. The highest BCUT2D eigenvalue weighted by Crippen LogP contribution is 2.18. The van der Waals surface area contributed by atoms with Crippen molar-refractivity contribution in [2.24, 2.45) is 0 Å². The first-order chi connectivity index (χ1) is 10.4. The van der Waals surface area contributed by atoms with Gasteiger partial charge >= 0.3 is 0 Å². The summed E-state index contributed by atoms with van der Waals surface area (Å²) < 4.78 is 5.65. The summed E-state index contributed by atoms with van der Waals surface area (Å²) in [4.78, 5) is 13.5. The van der Waals surface area contributed by atoms with E-state index in [0.717, 1.165) is 5.56 Å². The molecule has 0 atom stereocenters. The van der Waals surface area contributed by atoms with Crippen molar-refractivity contribution in [2.45, 2.75) is 33.4 Å². The number of nitrogens with one attached hydrogen (secondary N) is 1. The number of carbonyl (C=O) groups is 1. The van der Waals surface area contributed by atoms with Gasteiger partial charge in [-0.25, -0.2) is 0 Å². The van der Waals surface area contributed by atoms with Gasteiger partial charge in [-0.05, 0) is 40.0 Å². The number of likely N-dealkylation sites (N-methyl/N-ethyl adjacent to an activating group) is 1. The molecule has 0 bridgehead atoms. The van der Waals surface area contributed by atoms with E-state index in [-0.39, 0.29) is 11.9 Å². The highest BCUT2D eigenvalue weighted by molar-refractivity contribution is 5.78. The second kappa shape index (κ2) is 7.17. The minimum atomic E-state index is -0.0178. The predicted molar refractivity (Wildman–Crippen MR) is 84.1 cm³/mol. The Morgan fingerprint density at radius 1 is 1.27 bits per heavy atom. The van der Waals surface area contributed by atoms with E-state index in [0.29, 0.717) is 24.9 Å². The number of amides is 1. The molecule has 2 aromatic rings. The van der Waals surface area contributed by atoms with Crippen molar-refractivity contribution < 1.29 is 9.21 Å². The molecule has 0 saturated carbocycles. The summed E-state index contributed by atoms with van der Waals surface area (Å²) in [5.74, 6) is 0.973. The van der Waals surface area contributed by atoms with Gasteiger partial charge in [0.05, 0.1) is 13.1 Å². The molecule has 1 amide bonds. The summed E-state index contributed by atoms with van der Waals surface area (Å²) >= 11 is 0. The first-order valence-corrected chi connectivity index (χ1v) is 7.31. The fourth-order valence-electron chi connectivity index (χ4n) is 2.03. The third-order valence-electron chi connectivity index (χ3n) is 3.03. The average Bonchev–Trinajstić information content (AvgIpc) is 2.86. The number of carbonyl (C=O) groups excluding carboxylic acids is 1. The summed E-state index contributed by atoms with van der Waals surface area (Å²) in [5, 5.41) is 10.9. The Kier molecular flexibility index (Phi) is 5.27. The number of benzene rings is 1. The van der Waals surface area contributed by atoms with Gasteiger partial charge in [0.25, 0.3) is 0 Å². The Hall–Kier alpha value is -2.21. The smallest absolute Gasteiger partial charge is 0.247 e. The molecule has 0 aliphatic carbocycles. The van der Waals surface area contributed by atoms with Gasteiger partial charge in [0, 0.05) is 11.6 Å². The molecule has 0 aliphatic rings. The average molecular weight is 302 g/mol. The molecule has 6 heteroatoms. The van der Waals surface area contributed by atoms with Gasteiger partial charge in [-0.1, -0.05) is 17.7 Å². The molecule has 1 N–H and O–H groups in total. The van der Waals surface area contributed by atoms with Crippen LogP contribution in [0.2, 0.25) is 0 Å². The van der Waals surface area contributed by atoms with Crippen LogP contribution in [0.1, 0.15) is 25.3 Å². The van der Waals surface area contributed by atoms with E-state index >= 15 is 0 Å². The summed E-state index contributed by atoms with van der Waals surface area (Å²) in [7, 11) is 1.84. The number of aryl methyl sites for hydroxylation is 1. The second-order valence-corrected chi connectivity index (χ2v) is 5.76. The lowest BCUT2D eigenvalue weighted by atomic mass is 10.1. The number of nitrogens with zero attached hydrogens (tertiary/aromatic N) is 3. The molecule has 6 nitrogen and oxygen atoms in total. The quantitative estimate of drug-likeness (QED) is 0.883. The van der Waals surface area contributed by atoms with Gasteiger partial charge in [0.1, 0.15) is 0 Å². The van der Waals surface area contributed by atoms with E-state index in [9.17, 15) is 4.79 Å². The van der Waals surface area contributed by atoms with Gasteiger partial charge < -0.3 is 9.73 Å². The van der Waals surface area contributed by atoms with Crippen molar-refractivity contribution >= 4 is 5.91 Å². The Bertz CT molecular complexity index is 619.